The van der Waals surface area contributed by atoms with E-state index < -0.39 is 0 Å². The fraction of sp³-hybridized carbons (Fsp3) is 0.700. The Kier molecular flexibility index (Phi) is 4.54. The summed E-state index contributed by atoms with van der Waals surface area (Å²) in [6.07, 6.45) is 2.85. The van der Waals surface area contributed by atoms with Crippen LogP contribution >= 0.6 is 0 Å². The van der Waals surface area contributed by atoms with E-state index in [-0.39, 0.29) is 11.0 Å². The first-order valence-corrected chi connectivity index (χ1v) is 8.42. The number of aryl methyl sites for hydroxylation is 1. The van der Waals surface area contributed by atoms with Gasteiger partial charge in [-0.05, 0) is 68.6 Å². The van der Waals surface area contributed by atoms with Gasteiger partial charge in [-0.2, -0.15) is 0 Å². The Labute approximate surface area is 131 Å². The van der Waals surface area contributed by atoms with Gasteiger partial charge in [-0.1, -0.05) is 39.0 Å². The lowest BCUT2D eigenvalue weighted by Crippen LogP contribution is -2.42. The Hall–Kier alpha value is -0.820. The van der Waals surface area contributed by atoms with Crippen LogP contribution in [0.15, 0.2) is 18.2 Å². The molecule has 0 amide bonds. The highest BCUT2D eigenvalue weighted by Gasteiger charge is 2.30. The molecule has 1 aromatic carbocycles. The van der Waals surface area contributed by atoms with E-state index in [0.717, 1.165) is 12.5 Å². The van der Waals surface area contributed by atoms with Crippen molar-refractivity contribution in [2.45, 2.75) is 78.8 Å². The van der Waals surface area contributed by atoms with Crippen molar-refractivity contribution in [3.63, 3.8) is 0 Å². The second kappa shape index (κ2) is 5.76. The number of nitrogens with zero attached hydrogens (tertiary/aromatic N) is 1. The molecule has 0 spiro atoms. The maximum Gasteiger partial charge on any atom is 0.0241 e. The Balaban J connectivity index is 2.16. The first-order chi connectivity index (χ1) is 9.57. The van der Waals surface area contributed by atoms with E-state index in [1.54, 1.807) is 0 Å². The molecule has 1 aromatic rings. The summed E-state index contributed by atoms with van der Waals surface area (Å²) in [7, 11) is 0. The monoisotopic (exact) mass is 287 g/mol. The predicted molar refractivity (Wildman–Crippen MR) is 92.8 cm³/mol. The summed E-state index contributed by atoms with van der Waals surface area (Å²) in [5.41, 5.74) is 4.85. The standard InChI is InChI=1S/C20H33N/c1-15-12-18(19(2,3)4)11-10-17(15)14-21(20(5,6)7)13-16-8-9-16/h10-12,16H,8-9,13-14H2,1-7H3. The van der Waals surface area contributed by atoms with Crippen molar-refractivity contribution in [3.8, 4) is 0 Å². The lowest BCUT2D eigenvalue weighted by molar-refractivity contribution is 0.121. The zero-order valence-corrected chi connectivity index (χ0v) is 15.1. The average Bonchev–Trinajstić information content (AvgIpc) is 3.11. The van der Waals surface area contributed by atoms with Crippen LogP contribution in [-0.2, 0) is 12.0 Å². The van der Waals surface area contributed by atoms with Gasteiger partial charge in [0.1, 0.15) is 0 Å². The minimum atomic E-state index is 0.237. The van der Waals surface area contributed by atoms with Crippen LogP contribution < -0.4 is 0 Å². The molecule has 0 heterocycles. The van der Waals surface area contributed by atoms with Gasteiger partial charge in [0.2, 0.25) is 0 Å². The molecule has 118 valence electrons. The van der Waals surface area contributed by atoms with E-state index in [1.807, 2.05) is 0 Å². The number of hydrogen-bond donors (Lipinski definition) is 0. The molecule has 1 saturated carbocycles. The fourth-order valence-corrected chi connectivity index (χ4v) is 2.73. The van der Waals surface area contributed by atoms with E-state index in [4.69, 9.17) is 0 Å². The molecule has 0 atom stereocenters. The van der Waals surface area contributed by atoms with Crippen LogP contribution in [0.25, 0.3) is 0 Å². The van der Waals surface area contributed by atoms with Crippen LogP contribution in [0.5, 0.6) is 0 Å². The molecule has 0 bridgehead atoms. The third kappa shape index (κ3) is 4.57. The van der Waals surface area contributed by atoms with Crippen molar-refractivity contribution in [2.24, 2.45) is 5.92 Å². The molecule has 1 heteroatoms. The van der Waals surface area contributed by atoms with Crippen LogP contribution in [0.1, 0.15) is 71.1 Å². The molecule has 2 rings (SSSR count). The van der Waals surface area contributed by atoms with Crippen molar-refractivity contribution in [1.82, 2.24) is 4.90 Å². The van der Waals surface area contributed by atoms with Gasteiger partial charge in [-0.3, -0.25) is 4.90 Å². The Morgan fingerprint density at radius 3 is 2.10 bits per heavy atom. The summed E-state index contributed by atoms with van der Waals surface area (Å²) < 4.78 is 0. The molecule has 0 unspecified atom stereocenters. The summed E-state index contributed by atoms with van der Waals surface area (Å²) in [6, 6.07) is 7.05. The maximum absolute atomic E-state index is 2.66. The smallest absolute Gasteiger partial charge is 0.0241 e. The highest BCUT2D eigenvalue weighted by Crippen LogP contribution is 2.33. The lowest BCUT2D eigenvalue weighted by atomic mass is 9.85. The quantitative estimate of drug-likeness (QED) is 0.726. The van der Waals surface area contributed by atoms with Crippen molar-refractivity contribution in [3.05, 3.63) is 34.9 Å². The van der Waals surface area contributed by atoms with Gasteiger partial charge in [0.25, 0.3) is 0 Å². The molecule has 1 fully saturated rings. The van der Waals surface area contributed by atoms with Gasteiger partial charge in [0.05, 0.1) is 0 Å². The molecule has 1 aliphatic rings. The molecule has 0 saturated heterocycles. The zero-order chi connectivity index (χ0) is 15.8. The van der Waals surface area contributed by atoms with Crippen molar-refractivity contribution in [1.29, 1.82) is 0 Å². The molecule has 21 heavy (non-hydrogen) atoms. The number of hydrogen-bond acceptors (Lipinski definition) is 1. The predicted octanol–water partition coefficient (Wildman–Crippen LogP) is 5.30. The third-order valence-electron chi connectivity index (χ3n) is 4.69. The van der Waals surface area contributed by atoms with Crippen LogP contribution in [0.3, 0.4) is 0 Å². The van der Waals surface area contributed by atoms with Crippen LogP contribution in [-0.4, -0.2) is 17.0 Å². The normalized spacial score (nSPS) is 16.6. The van der Waals surface area contributed by atoms with E-state index >= 15 is 0 Å². The molecular weight excluding hydrogens is 254 g/mol. The summed E-state index contributed by atoms with van der Waals surface area (Å²) in [5, 5.41) is 0. The highest BCUT2D eigenvalue weighted by atomic mass is 15.2. The summed E-state index contributed by atoms with van der Waals surface area (Å²) >= 11 is 0. The van der Waals surface area contributed by atoms with Gasteiger partial charge >= 0.3 is 0 Å². The van der Waals surface area contributed by atoms with Crippen LogP contribution in [0, 0.1) is 12.8 Å². The van der Waals surface area contributed by atoms with Gasteiger partial charge in [-0.15, -0.1) is 0 Å². The first kappa shape index (κ1) is 16.5. The zero-order valence-electron chi connectivity index (χ0n) is 15.1. The molecule has 1 nitrogen and oxygen atoms in total. The topological polar surface area (TPSA) is 3.24 Å². The van der Waals surface area contributed by atoms with Crippen molar-refractivity contribution >= 4 is 0 Å². The summed E-state index contributed by atoms with van der Waals surface area (Å²) in [5.74, 6) is 0.943. The molecule has 0 N–H and O–H groups in total. The van der Waals surface area contributed by atoms with E-state index in [2.05, 4.69) is 71.6 Å². The second-order valence-corrected chi connectivity index (χ2v) is 8.89. The van der Waals surface area contributed by atoms with E-state index in [9.17, 15) is 0 Å². The summed E-state index contributed by atoms with van der Waals surface area (Å²) in [4.78, 5) is 2.66. The Morgan fingerprint density at radius 1 is 1.05 bits per heavy atom. The van der Waals surface area contributed by atoms with Crippen LogP contribution in [0.2, 0.25) is 0 Å². The highest BCUT2D eigenvalue weighted by molar-refractivity contribution is 5.34. The number of benzene rings is 1. The molecular formula is C20H33N. The van der Waals surface area contributed by atoms with Gasteiger partial charge in [0.15, 0.2) is 0 Å². The Bertz CT molecular complexity index is 484. The minimum Gasteiger partial charge on any atom is -0.294 e. The third-order valence-corrected chi connectivity index (χ3v) is 4.69. The van der Waals surface area contributed by atoms with Gasteiger partial charge in [0, 0.05) is 18.6 Å². The Morgan fingerprint density at radius 2 is 1.67 bits per heavy atom. The van der Waals surface area contributed by atoms with Crippen LogP contribution in [0.4, 0.5) is 0 Å². The fourth-order valence-electron chi connectivity index (χ4n) is 2.73. The molecule has 0 aromatic heterocycles. The largest absolute Gasteiger partial charge is 0.294 e. The first-order valence-electron chi connectivity index (χ1n) is 8.42. The van der Waals surface area contributed by atoms with E-state index in [1.165, 1.54) is 36.1 Å². The minimum absolute atomic E-state index is 0.237. The van der Waals surface area contributed by atoms with E-state index in [0.29, 0.717) is 0 Å². The molecule has 0 aliphatic heterocycles. The van der Waals surface area contributed by atoms with Crippen molar-refractivity contribution < 1.29 is 0 Å². The summed E-state index contributed by atoms with van der Waals surface area (Å²) in [6.45, 7) is 18.5. The lowest BCUT2D eigenvalue weighted by Gasteiger charge is -2.36. The second-order valence-electron chi connectivity index (χ2n) is 8.89. The average molecular weight is 287 g/mol. The molecule has 1 aliphatic carbocycles. The van der Waals surface area contributed by atoms with Gasteiger partial charge in [-0.25, -0.2) is 0 Å². The molecule has 0 radical (unpaired) electrons. The SMILES string of the molecule is Cc1cc(C(C)(C)C)ccc1CN(CC1CC1)C(C)(C)C. The number of rotatable bonds is 4. The maximum atomic E-state index is 2.66. The van der Waals surface area contributed by atoms with Crippen molar-refractivity contribution in [2.75, 3.05) is 6.54 Å². The van der Waals surface area contributed by atoms with Gasteiger partial charge < -0.3 is 0 Å².